The summed E-state index contributed by atoms with van der Waals surface area (Å²) in [5, 5.41) is 0. The second-order valence-corrected chi connectivity index (χ2v) is 10.8. The predicted octanol–water partition coefficient (Wildman–Crippen LogP) is 6.00. The number of hydrogen-bond donors (Lipinski definition) is 0. The summed E-state index contributed by atoms with van der Waals surface area (Å²) in [7, 11) is -12.2. The molecule has 0 bridgehead atoms. The van der Waals surface area contributed by atoms with Crippen LogP contribution in [0, 0.1) is 69.2 Å². The van der Waals surface area contributed by atoms with Gasteiger partial charge in [-0.3, -0.25) is 0 Å². The fourth-order valence-electron chi connectivity index (χ4n) is 2.81. The molecular formula is C22H30F6O6S2Zr. The zero-order valence-corrected chi connectivity index (χ0v) is 26.1. The first-order chi connectivity index (χ1) is 15.6. The van der Waals surface area contributed by atoms with Crippen molar-refractivity contribution in [1.82, 2.24) is 0 Å². The van der Waals surface area contributed by atoms with E-state index in [4.69, 9.17) is 25.9 Å². The van der Waals surface area contributed by atoms with Crippen LogP contribution in [0.25, 0.3) is 0 Å². The first-order valence-corrected chi connectivity index (χ1v) is 12.9. The molecule has 0 atom stereocenters. The molecule has 2 aromatic rings. The van der Waals surface area contributed by atoms with Crippen LogP contribution in [0.1, 0.15) is 55.6 Å². The van der Waals surface area contributed by atoms with E-state index in [1.165, 1.54) is 55.6 Å². The zero-order chi connectivity index (χ0) is 29.8. The van der Waals surface area contributed by atoms with Crippen LogP contribution in [0.4, 0.5) is 26.3 Å². The average Bonchev–Trinajstić information content (AvgIpc) is 2.96. The first-order valence-electron chi connectivity index (χ1n) is 10.0. The third kappa shape index (κ3) is 11.7. The van der Waals surface area contributed by atoms with Crippen molar-refractivity contribution in [3.63, 3.8) is 0 Å². The van der Waals surface area contributed by atoms with Crippen LogP contribution >= 0.6 is 0 Å². The van der Waals surface area contributed by atoms with Gasteiger partial charge in [0.25, 0.3) is 0 Å². The van der Waals surface area contributed by atoms with Gasteiger partial charge in [-0.1, -0.05) is 69.2 Å². The molecule has 0 N–H and O–H groups in total. The molecule has 0 radical (unpaired) electrons. The van der Waals surface area contributed by atoms with E-state index in [1.807, 2.05) is 0 Å². The van der Waals surface area contributed by atoms with E-state index < -0.39 is 31.3 Å². The van der Waals surface area contributed by atoms with Crippen molar-refractivity contribution in [2.45, 2.75) is 80.3 Å². The Morgan fingerprint density at radius 2 is 0.622 bits per heavy atom. The van der Waals surface area contributed by atoms with E-state index in [1.54, 1.807) is 0 Å². The fourth-order valence-corrected chi connectivity index (χ4v) is 2.81. The Labute approximate surface area is 233 Å². The summed E-state index contributed by atoms with van der Waals surface area (Å²) < 4.78 is 118. The standard InChI is InChI=1S/2C10H15.2CHF3O3S.Zr/c2*1-6-7(2)9(4)10(5)8(6)3;2*2-1(3,4)8(5,6)7;/h2*1-5H3;2*(H,5,6,7);/q2*-1;;;+4/p-2. The van der Waals surface area contributed by atoms with Crippen LogP contribution < -0.4 is 0 Å². The van der Waals surface area contributed by atoms with Crippen molar-refractivity contribution in [3.8, 4) is 0 Å². The van der Waals surface area contributed by atoms with E-state index in [-0.39, 0.29) is 26.2 Å². The predicted molar refractivity (Wildman–Crippen MR) is 123 cm³/mol. The van der Waals surface area contributed by atoms with Crippen LogP contribution in [0.3, 0.4) is 0 Å². The second-order valence-electron chi connectivity index (χ2n) is 8.05. The maximum Gasteiger partial charge on any atom is 4.00 e. The van der Waals surface area contributed by atoms with E-state index in [2.05, 4.69) is 69.2 Å². The van der Waals surface area contributed by atoms with Crippen LogP contribution in [-0.2, 0) is 46.4 Å². The summed E-state index contributed by atoms with van der Waals surface area (Å²) in [4.78, 5) is 0. The smallest absolute Gasteiger partial charge is 0.741 e. The van der Waals surface area contributed by atoms with Gasteiger partial charge in [-0.25, -0.2) is 16.8 Å². The van der Waals surface area contributed by atoms with Gasteiger partial charge in [0.15, 0.2) is 20.2 Å². The molecule has 0 aliphatic rings. The van der Waals surface area contributed by atoms with Crippen molar-refractivity contribution in [1.29, 1.82) is 0 Å². The van der Waals surface area contributed by atoms with Gasteiger partial charge in [0.1, 0.15) is 0 Å². The minimum absolute atomic E-state index is 0. The molecule has 0 aliphatic heterocycles. The fraction of sp³-hybridized carbons (Fsp3) is 0.545. The number of halogens is 6. The van der Waals surface area contributed by atoms with Crippen molar-refractivity contribution >= 4 is 20.2 Å². The van der Waals surface area contributed by atoms with Gasteiger partial charge in [0.05, 0.1) is 0 Å². The summed E-state index contributed by atoms with van der Waals surface area (Å²) in [5.74, 6) is 0. The van der Waals surface area contributed by atoms with Crippen LogP contribution in [0.2, 0.25) is 0 Å². The van der Waals surface area contributed by atoms with Gasteiger partial charge in [-0.15, -0.1) is 0 Å². The maximum absolute atomic E-state index is 10.7. The molecule has 6 nitrogen and oxygen atoms in total. The molecule has 0 spiro atoms. The molecular weight excluding hydrogens is 630 g/mol. The monoisotopic (exact) mass is 658 g/mol. The first kappa shape index (κ1) is 40.5. The Hall–Kier alpha value is -1.02. The van der Waals surface area contributed by atoms with Gasteiger partial charge in [0, 0.05) is 0 Å². The molecule has 0 aromatic heterocycles. The Balaban J connectivity index is -0.000000416. The molecule has 0 saturated carbocycles. The van der Waals surface area contributed by atoms with Gasteiger partial charge in [-0.05, 0) is 0 Å². The molecule has 2 rings (SSSR count). The van der Waals surface area contributed by atoms with E-state index in [9.17, 15) is 26.3 Å². The SMILES string of the molecule is Cc1c(C)c(C)[c-](C)c1C.Cc1c(C)c(C)[c-](C)c1C.O=S(=O)([O-])C(F)(F)F.O=S(=O)([O-])C(F)(F)F.[Zr+4]. The van der Waals surface area contributed by atoms with E-state index in [0.717, 1.165) is 0 Å². The normalized spacial score (nSPS) is 11.7. The molecule has 0 saturated heterocycles. The second kappa shape index (κ2) is 14.4. The third-order valence-electron chi connectivity index (χ3n) is 6.19. The Kier molecular flexibility index (Phi) is 15.7. The van der Waals surface area contributed by atoms with E-state index >= 15 is 0 Å². The van der Waals surface area contributed by atoms with Crippen molar-refractivity contribution in [3.05, 3.63) is 55.6 Å². The molecule has 0 unspecified atom stereocenters. The third-order valence-corrected chi connectivity index (χ3v) is 7.33. The molecule has 0 heterocycles. The summed E-state index contributed by atoms with van der Waals surface area (Å²) >= 11 is 0. The molecule has 0 aliphatic carbocycles. The minimum atomic E-state index is -6.09. The van der Waals surface area contributed by atoms with E-state index in [0.29, 0.717) is 0 Å². The number of hydrogen-bond acceptors (Lipinski definition) is 6. The van der Waals surface area contributed by atoms with Crippen LogP contribution in [-0.4, -0.2) is 37.0 Å². The maximum atomic E-state index is 10.7. The summed E-state index contributed by atoms with van der Waals surface area (Å²) in [5.41, 5.74) is 3.38. The Bertz CT molecular complexity index is 994. The molecule has 0 amide bonds. The Morgan fingerprint density at radius 3 is 0.649 bits per heavy atom. The summed E-state index contributed by atoms with van der Waals surface area (Å²) in [6, 6.07) is 0. The zero-order valence-electron chi connectivity index (χ0n) is 22.0. The van der Waals surface area contributed by atoms with Crippen LogP contribution in [0.15, 0.2) is 0 Å². The quantitative estimate of drug-likeness (QED) is 0.149. The number of alkyl halides is 6. The summed E-state index contributed by atoms with van der Waals surface area (Å²) in [6.45, 7) is 22.0. The minimum Gasteiger partial charge on any atom is -0.741 e. The van der Waals surface area contributed by atoms with Gasteiger partial charge in [0.2, 0.25) is 0 Å². The van der Waals surface area contributed by atoms with Gasteiger partial charge in [-0.2, -0.15) is 82.0 Å². The number of rotatable bonds is 0. The van der Waals surface area contributed by atoms with Gasteiger partial charge < -0.3 is 9.11 Å². The molecule has 212 valence electrons. The molecule has 0 fully saturated rings. The van der Waals surface area contributed by atoms with Crippen molar-refractivity contribution in [2.75, 3.05) is 0 Å². The van der Waals surface area contributed by atoms with Crippen molar-refractivity contribution in [2.24, 2.45) is 0 Å². The average molecular weight is 660 g/mol. The molecule has 37 heavy (non-hydrogen) atoms. The van der Waals surface area contributed by atoms with Crippen molar-refractivity contribution < 1.29 is 78.5 Å². The largest absolute Gasteiger partial charge is 4.00 e. The summed E-state index contributed by atoms with van der Waals surface area (Å²) in [6.07, 6.45) is 0. The topological polar surface area (TPSA) is 114 Å². The molecule has 2 aromatic carbocycles. The molecule has 15 heteroatoms. The van der Waals surface area contributed by atoms with Crippen LogP contribution in [0.5, 0.6) is 0 Å². The Morgan fingerprint density at radius 1 is 0.514 bits per heavy atom. The van der Waals surface area contributed by atoms with Gasteiger partial charge >= 0.3 is 37.2 Å².